The van der Waals surface area contributed by atoms with Crippen LogP contribution in [-0.2, 0) is 0 Å². The van der Waals surface area contributed by atoms with Crippen LogP contribution in [0.3, 0.4) is 0 Å². The topological polar surface area (TPSA) is 9.86 Å². The summed E-state index contributed by atoms with van der Waals surface area (Å²) in [7, 11) is 0. The number of hydrogen-bond acceptors (Lipinski definition) is 0. The van der Waals surface area contributed by atoms with Crippen molar-refractivity contribution in [3.05, 3.63) is 164 Å². The van der Waals surface area contributed by atoms with Crippen LogP contribution in [0.5, 0.6) is 0 Å². The van der Waals surface area contributed by atoms with Crippen molar-refractivity contribution >= 4 is 77.5 Å². The first kappa shape index (κ1) is 25.7. The molecule has 0 fully saturated rings. The Morgan fingerprint density at radius 1 is 0.347 bits per heavy atom. The van der Waals surface area contributed by atoms with Crippen LogP contribution in [0.4, 0.5) is 0 Å². The molecule has 12 rings (SSSR count). The third-order valence-corrected chi connectivity index (χ3v) is 11.2. The lowest BCUT2D eigenvalue weighted by atomic mass is 9.34. The van der Waals surface area contributed by atoms with Crippen molar-refractivity contribution in [2.24, 2.45) is 0 Å². The molecule has 2 aliphatic rings. The van der Waals surface area contributed by atoms with Gasteiger partial charge in [0.15, 0.2) is 0 Å². The fourth-order valence-corrected chi connectivity index (χ4v) is 9.22. The molecule has 0 unspecified atom stereocenters. The van der Waals surface area contributed by atoms with Gasteiger partial charge in [0.1, 0.15) is 0 Å². The summed E-state index contributed by atoms with van der Waals surface area (Å²) in [6, 6.07) is 61.2. The van der Waals surface area contributed by atoms with E-state index in [4.69, 9.17) is 0 Å². The summed E-state index contributed by atoms with van der Waals surface area (Å²) >= 11 is 0. The summed E-state index contributed by atoms with van der Waals surface area (Å²) in [4.78, 5) is 0. The predicted octanol–water partition coefficient (Wildman–Crippen LogP) is 9.51. The van der Waals surface area contributed by atoms with Gasteiger partial charge in [-0.25, -0.2) is 0 Å². The average Bonchev–Trinajstić information content (AvgIpc) is 3.68. The molecule has 4 heterocycles. The molecule has 10 aromatic rings. The zero-order chi connectivity index (χ0) is 31.8. The third kappa shape index (κ3) is 3.27. The maximum Gasteiger partial charge on any atom is 0.252 e. The minimum absolute atomic E-state index is 0.0905. The van der Waals surface area contributed by atoms with E-state index in [1.807, 2.05) is 0 Å². The van der Waals surface area contributed by atoms with Gasteiger partial charge in [0.05, 0.1) is 11.0 Å². The molecule has 0 aliphatic carbocycles. The first-order valence-corrected chi connectivity index (χ1v) is 17.1. The van der Waals surface area contributed by atoms with Gasteiger partial charge >= 0.3 is 0 Å². The number of aromatic nitrogens is 2. The summed E-state index contributed by atoms with van der Waals surface area (Å²) in [6.45, 7) is 0.0905. The minimum Gasteiger partial charge on any atom is -0.310 e. The molecule has 0 amide bonds. The fourth-order valence-electron chi connectivity index (χ4n) is 9.22. The van der Waals surface area contributed by atoms with E-state index in [2.05, 4.69) is 173 Å². The van der Waals surface area contributed by atoms with E-state index in [0.29, 0.717) is 0 Å². The second kappa shape index (κ2) is 9.18. The zero-order valence-electron chi connectivity index (χ0n) is 26.6. The van der Waals surface area contributed by atoms with E-state index >= 15 is 0 Å². The van der Waals surface area contributed by atoms with Crippen molar-refractivity contribution < 1.29 is 0 Å². The highest BCUT2D eigenvalue weighted by molar-refractivity contribution is 7.00. The number of rotatable bonds is 2. The van der Waals surface area contributed by atoms with Crippen LogP contribution in [0.1, 0.15) is 0 Å². The quantitative estimate of drug-likeness (QED) is 0.171. The number of para-hydroxylation sites is 2. The molecule has 0 saturated heterocycles. The lowest BCUT2D eigenvalue weighted by Crippen LogP contribution is -2.59. The van der Waals surface area contributed by atoms with E-state index < -0.39 is 0 Å². The van der Waals surface area contributed by atoms with Crippen LogP contribution in [0.2, 0.25) is 0 Å². The van der Waals surface area contributed by atoms with Crippen LogP contribution < -0.4 is 16.4 Å². The highest BCUT2D eigenvalue weighted by atomic mass is 15.0. The molecule has 2 aromatic heterocycles. The smallest absolute Gasteiger partial charge is 0.252 e. The Labute approximate surface area is 283 Å². The molecule has 0 bridgehead atoms. The van der Waals surface area contributed by atoms with Crippen molar-refractivity contribution in [2.75, 3.05) is 0 Å². The molecule has 0 N–H and O–H groups in total. The highest BCUT2D eigenvalue weighted by Gasteiger charge is 2.41. The first-order chi connectivity index (χ1) is 24.3. The van der Waals surface area contributed by atoms with Gasteiger partial charge < -0.3 is 9.13 Å². The summed E-state index contributed by atoms with van der Waals surface area (Å²) in [5.74, 6) is 0. The molecule has 0 radical (unpaired) electrons. The van der Waals surface area contributed by atoms with Crippen LogP contribution in [0.15, 0.2) is 164 Å². The number of benzene rings is 8. The molecule has 2 aliphatic heterocycles. The molecule has 0 atom stereocenters. The van der Waals surface area contributed by atoms with E-state index in [0.717, 1.165) is 0 Å². The monoisotopic (exact) mass is 618 g/mol. The lowest BCUT2D eigenvalue weighted by molar-refractivity contribution is 1.14. The van der Waals surface area contributed by atoms with Gasteiger partial charge in [-0.05, 0) is 85.8 Å². The normalized spacial score (nSPS) is 12.9. The Kier molecular flexibility index (Phi) is 4.82. The van der Waals surface area contributed by atoms with Crippen molar-refractivity contribution in [3.8, 4) is 33.6 Å². The van der Waals surface area contributed by atoms with Crippen LogP contribution in [0, 0.1) is 0 Å². The number of nitrogens with zero attached hydrogens (tertiary/aromatic N) is 2. The first-order valence-electron chi connectivity index (χ1n) is 17.1. The molecular formula is C46H27BN2. The molecule has 3 heteroatoms. The van der Waals surface area contributed by atoms with Gasteiger partial charge in [0.25, 0.3) is 6.71 Å². The summed E-state index contributed by atoms with van der Waals surface area (Å²) < 4.78 is 5.16. The second-order valence-corrected chi connectivity index (χ2v) is 13.7. The summed E-state index contributed by atoms with van der Waals surface area (Å²) in [5, 5.41) is 7.76. The Hall–Kier alpha value is -6.32. The maximum atomic E-state index is 2.60. The van der Waals surface area contributed by atoms with Gasteiger partial charge in [-0.3, -0.25) is 0 Å². The largest absolute Gasteiger partial charge is 0.310 e. The molecule has 0 spiro atoms. The lowest BCUT2D eigenvalue weighted by Gasteiger charge is -2.34. The van der Waals surface area contributed by atoms with Crippen molar-refractivity contribution in [1.82, 2.24) is 9.13 Å². The van der Waals surface area contributed by atoms with Gasteiger partial charge in [-0.15, -0.1) is 0 Å². The van der Waals surface area contributed by atoms with Gasteiger partial charge in [0.2, 0.25) is 0 Å². The van der Waals surface area contributed by atoms with Gasteiger partial charge in [-0.1, -0.05) is 127 Å². The predicted molar refractivity (Wildman–Crippen MR) is 208 cm³/mol. The van der Waals surface area contributed by atoms with Crippen molar-refractivity contribution in [3.63, 3.8) is 0 Å². The minimum atomic E-state index is 0.0905. The van der Waals surface area contributed by atoms with E-state index in [-0.39, 0.29) is 6.71 Å². The van der Waals surface area contributed by atoms with Crippen molar-refractivity contribution in [1.29, 1.82) is 0 Å². The van der Waals surface area contributed by atoms with E-state index in [1.54, 1.807) is 0 Å². The van der Waals surface area contributed by atoms with Crippen molar-refractivity contribution in [2.45, 2.75) is 0 Å². The standard InChI is InChI=1S/C46H27BN2/c1-3-12-28(13-4-1)32-23-37-36-22-30-16-7-8-17-31(30)25-41(36)49-43-27-33(29-14-5-2-6-15-29)26-42-44(43)47(39(24-32)46(37)49)38-20-11-19-35-34-18-9-10-21-40(34)48(42)45(35)38/h1-27H. The Balaban J connectivity index is 1.33. The molecule has 2 nitrogen and oxygen atoms in total. The van der Waals surface area contributed by atoms with Crippen LogP contribution in [-0.4, -0.2) is 15.8 Å². The summed E-state index contributed by atoms with van der Waals surface area (Å²) in [6.07, 6.45) is 0. The van der Waals surface area contributed by atoms with E-state index in [1.165, 1.54) is 104 Å². The molecule has 0 saturated carbocycles. The molecular weight excluding hydrogens is 591 g/mol. The number of hydrogen-bond donors (Lipinski definition) is 0. The SMILES string of the molecule is c1ccc(-c2cc3c4c(c2)-n2c5cc6ccccc6cc5c5cc(-c6ccccc6)cc(c52)B4c2cccc4c5ccccc5n-3c24)cc1. The zero-order valence-corrected chi connectivity index (χ0v) is 26.6. The highest BCUT2D eigenvalue weighted by Crippen LogP contribution is 2.42. The average molecular weight is 619 g/mol. The Bertz CT molecular complexity index is 3040. The Morgan fingerprint density at radius 2 is 0.939 bits per heavy atom. The van der Waals surface area contributed by atoms with Gasteiger partial charge in [-0.2, -0.15) is 0 Å². The van der Waals surface area contributed by atoms with Crippen LogP contribution >= 0.6 is 0 Å². The second-order valence-electron chi connectivity index (χ2n) is 13.7. The van der Waals surface area contributed by atoms with Crippen LogP contribution in [0.25, 0.3) is 88.0 Å². The summed E-state index contributed by atoms with van der Waals surface area (Å²) in [5.41, 5.74) is 16.8. The van der Waals surface area contributed by atoms with E-state index in [9.17, 15) is 0 Å². The van der Waals surface area contributed by atoms with Gasteiger partial charge in [0, 0.05) is 44.0 Å². The maximum absolute atomic E-state index is 2.60. The third-order valence-electron chi connectivity index (χ3n) is 11.2. The molecule has 8 aromatic carbocycles. The fraction of sp³-hybridized carbons (Fsp3) is 0. The number of fused-ring (bicyclic) bond motifs is 11. The Morgan fingerprint density at radius 3 is 1.69 bits per heavy atom. The molecule has 224 valence electrons. The molecule has 49 heavy (non-hydrogen) atoms.